The van der Waals surface area contributed by atoms with Crippen LogP contribution in [0, 0.1) is 13.8 Å². The Kier molecular flexibility index (Phi) is 4.19. The molecule has 2 heterocycles. The first kappa shape index (κ1) is 15.0. The lowest BCUT2D eigenvalue weighted by molar-refractivity contribution is 1.15. The van der Waals surface area contributed by atoms with Crippen molar-refractivity contribution in [1.29, 1.82) is 0 Å². The van der Waals surface area contributed by atoms with Crippen LogP contribution in [0.3, 0.4) is 0 Å². The number of benzene rings is 1. The minimum absolute atomic E-state index is 0.569. The fourth-order valence-electron chi connectivity index (χ4n) is 2.31. The van der Waals surface area contributed by atoms with Gasteiger partial charge in [-0.25, -0.2) is 4.98 Å². The molecule has 2 aromatic heterocycles. The summed E-state index contributed by atoms with van der Waals surface area (Å²) in [5, 5.41) is 6.39. The number of aryl methyl sites for hydroxylation is 1. The Balaban J connectivity index is 2.01. The second-order valence-corrected chi connectivity index (χ2v) is 5.33. The Morgan fingerprint density at radius 1 is 1.00 bits per heavy atom. The van der Waals surface area contributed by atoms with Crippen LogP contribution in [-0.2, 0) is 0 Å². The molecule has 23 heavy (non-hydrogen) atoms. The molecular weight excluding hydrogens is 286 g/mol. The standard InChI is InChI=1S/C18H19N5/c1-12-6-4-8-15(13(12)2)21-17-10-16(22-18(19-3)23-17)14-7-5-9-20-11-14/h4-11H,1-3H3,(H2,19,21,22,23). The van der Waals surface area contributed by atoms with E-state index in [2.05, 4.69) is 45.5 Å². The summed E-state index contributed by atoms with van der Waals surface area (Å²) in [6, 6.07) is 12.0. The van der Waals surface area contributed by atoms with Crippen LogP contribution >= 0.6 is 0 Å². The molecule has 5 heteroatoms. The summed E-state index contributed by atoms with van der Waals surface area (Å²) in [4.78, 5) is 13.1. The maximum Gasteiger partial charge on any atom is 0.224 e. The number of nitrogens with zero attached hydrogens (tertiary/aromatic N) is 3. The van der Waals surface area contributed by atoms with Crippen molar-refractivity contribution in [1.82, 2.24) is 15.0 Å². The van der Waals surface area contributed by atoms with Gasteiger partial charge in [0.25, 0.3) is 0 Å². The van der Waals surface area contributed by atoms with E-state index in [1.807, 2.05) is 37.4 Å². The SMILES string of the molecule is CNc1nc(Nc2cccc(C)c2C)cc(-c2cccnc2)n1. The highest BCUT2D eigenvalue weighted by Gasteiger charge is 2.08. The van der Waals surface area contributed by atoms with Gasteiger partial charge in [0.15, 0.2) is 0 Å². The molecule has 5 nitrogen and oxygen atoms in total. The van der Waals surface area contributed by atoms with Gasteiger partial charge in [-0.1, -0.05) is 12.1 Å². The number of aromatic nitrogens is 3. The molecule has 2 N–H and O–H groups in total. The lowest BCUT2D eigenvalue weighted by Gasteiger charge is -2.13. The molecule has 3 aromatic rings. The van der Waals surface area contributed by atoms with Gasteiger partial charge in [-0.3, -0.25) is 4.98 Å². The molecule has 0 fully saturated rings. The van der Waals surface area contributed by atoms with Crippen molar-refractivity contribution in [3.05, 3.63) is 59.9 Å². The van der Waals surface area contributed by atoms with E-state index >= 15 is 0 Å². The largest absolute Gasteiger partial charge is 0.357 e. The van der Waals surface area contributed by atoms with Crippen LogP contribution in [0.5, 0.6) is 0 Å². The quantitative estimate of drug-likeness (QED) is 0.764. The first-order chi connectivity index (χ1) is 11.2. The van der Waals surface area contributed by atoms with Gasteiger partial charge in [-0.15, -0.1) is 0 Å². The number of rotatable bonds is 4. The zero-order valence-corrected chi connectivity index (χ0v) is 13.5. The van der Waals surface area contributed by atoms with Gasteiger partial charge in [-0.05, 0) is 43.2 Å². The predicted octanol–water partition coefficient (Wildman–Crippen LogP) is 3.94. The van der Waals surface area contributed by atoms with Crippen molar-refractivity contribution in [3.63, 3.8) is 0 Å². The number of nitrogens with one attached hydrogen (secondary N) is 2. The monoisotopic (exact) mass is 305 g/mol. The predicted molar refractivity (Wildman–Crippen MR) is 94.0 cm³/mol. The van der Waals surface area contributed by atoms with Gasteiger partial charge in [0.2, 0.25) is 5.95 Å². The fourth-order valence-corrected chi connectivity index (χ4v) is 2.31. The molecule has 0 aliphatic heterocycles. The summed E-state index contributed by atoms with van der Waals surface area (Å²) < 4.78 is 0. The molecule has 0 aliphatic carbocycles. The van der Waals surface area contributed by atoms with Crippen LogP contribution in [0.15, 0.2) is 48.8 Å². The Bertz CT molecular complexity index is 815. The average molecular weight is 305 g/mol. The minimum Gasteiger partial charge on any atom is -0.357 e. The van der Waals surface area contributed by atoms with Crippen LogP contribution in [0.1, 0.15) is 11.1 Å². The second kappa shape index (κ2) is 6.44. The topological polar surface area (TPSA) is 62.7 Å². The van der Waals surface area contributed by atoms with Crippen LogP contribution in [-0.4, -0.2) is 22.0 Å². The Labute approximate surface area is 135 Å². The zero-order chi connectivity index (χ0) is 16.2. The molecule has 0 radical (unpaired) electrons. The normalized spacial score (nSPS) is 10.4. The maximum atomic E-state index is 4.50. The van der Waals surface area contributed by atoms with E-state index in [0.29, 0.717) is 5.95 Å². The summed E-state index contributed by atoms with van der Waals surface area (Å²) in [7, 11) is 1.81. The highest BCUT2D eigenvalue weighted by atomic mass is 15.1. The van der Waals surface area contributed by atoms with Gasteiger partial charge in [0.1, 0.15) is 5.82 Å². The van der Waals surface area contributed by atoms with Crippen LogP contribution < -0.4 is 10.6 Å². The number of anilines is 3. The molecule has 3 rings (SSSR count). The summed E-state index contributed by atoms with van der Waals surface area (Å²) in [5.74, 6) is 1.32. The summed E-state index contributed by atoms with van der Waals surface area (Å²) in [6.45, 7) is 4.19. The van der Waals surface area contributed by atoms with Crippen molar-refractivity contribution in [2.24, 2.45) is 0 Å². The third kappa shape index (κ3) is 3.29. The third-order valence-corrected chi connectivity index (χ3v) is 3.77. The molecule has 0 amide bonds. The van der Waals surface area contributed by atoms with Gasteiger partial charge in [0, 0.05) is 36.8 Å². The number of pyridine rings is 1. The van der Waals surface area contributed by atoms with E-state index in [-0.39, 0.29) is 0 Å². The lowest BCUT2D eigenvalue weighted by atomic mass is 10.1. The average Bonchev–Trinajstić information content (AvgIpc) is 2.59. The summed E-state index contributed by atoms with van der Waals surface area (Å²) in [6.07, 6.45) is 3.54. The highest BCUT2D eigenvalue weighted by molar-refractivity contribution is 5.68. The van der Waals surface area contributed by atoms with Crippen molar-refractivity contribution in [2.75, 3.05) is 17.7 Å². The molecule has 0 unspecified atom stereocenters. The molecule has 116 valence electrons. The lowest BCUT2D eigenvalue weighted by Crippen LogP contribution is -2.03. The highest BCUT2D eigenvalue weighted by Crippen LogP contribution is 2.25. The fraction of sp³-hybridized carbons (Fsp3) is 0.167. The van der Waals surface area contributed by atoms with Gasteiger partial charge in [-0.2, -0.15) is 4.98 Å². The van der Waals surface area contributed by atoms with Crippen molar-refractivity contribution < 1.29 is 0 Å². The third-order valence-electron chi connectivity index (χ3n) is 3.77. The number of hydrogen-bond donors (Lipinski definition) is 2. The van der Waals surface area contributed by atoms with Crippen molar-refractivity contribution in [3.8, 4) is 11.3 Å². The number of hydrogen-bond acceptors (Lipinski definition) is 5. The van der Waals surface area contributed by atoms with Crippen LogP contribution in [0.2, 0.25) is 0 Å². The molecular formula is C18H19N5. The molecule has 0 bridgehead atoms. The smallest absolute Gasteiger partial charge is 0.224 e. The zero-order valence-electron chi connectivity index (χ0n) is 13.5. The molecule has 0 saturated carbocycles. The van der Waals surface area contributed by atoms with E-state index < -0.39 is 0 Å². The minimum atomic E-state index is 0.569. The van der Waals surface area contributed by atoms with Crippen molar-refractivity contribution in [2.45, 2.75) is 13.8 Å². The summed E-state index contributed by atoms with van der Waals surface area (Å²) >= 11 is 0. The van der Waals surface area contributed by atoms with Gasteiger partial charge in [0.05, 0.1) is 5.69 Å². The summed E-state index contributed by atoms with van der Waals surface area (Å²) in [5.41, 5.74) is 5.27. The molecule has 0 aliphatic rings. The maximum absolute atomic E-state index is 4.50. The van der Waals surface area contributed by atoms with Crippen LogP contribution in [0.4, 0.5) is 17.5 Å². The van der Waals surface area contributed by atoms with E-state index in [1.54, 1.807) is 12.4 Å². The van der Waals surface area contributed by atoms with E-state index in [1.165, 1.54) is 11.1 Å². The first-order valence-electron chi connectivity index (χ1n) is 7.48. The van der Waals surface area contributed by atoms with E-state index in [0.717, 1.165) is 22.8 Å². The first-order valence-corrected chi connectivity index (χ1v) is 7.48. The van der Waals surface area contributed by atoms with Gasteiger partial charge >= 0.3 is 0 Å². The second-order valence-electron chi connectivity index (χ2n) is 5.33. The Morgan fingerprint density at radius 2 is 1.87 bits per heavy atom. The molecule has 1 aromatic carbocycles. The van der Waals surface area contributed by atoms with Crippen molar-refractivity contribution >= 4 is 17.5 Å². The molecule has 0 atom stereocenters. The molecule has 0 spiro atoms. The Hall–Kier alpha value is -2.95. The Morgan fingerprint density at radius 3 is 2.61 bits per heavy atom. The van der Waals surface area contributed by atoms with E-state index in [9.17, 15) is 0 Å². The van der Waals surface area contributed by atoms with E-state index in [4.69, 9.17) is 0 Å². The van der Waals surface area contributed by atoms with Crippen LogP contribution in [0.25, 0.3) is 11.3 Å². The molecule has 0 saturated heterocycles. The van der Waals surface area contributed by atoms with Gasteiger partial charge < -0.3 is 10.6 Å².